The molecule has 0 aliphatic rings. The fourth-order valence-electron chi connectivity index (χ4n) is 2.17. The molecular formula is C17H12ClFN2O2. The van der Waals surface area contributed by atoms with E-state index in [0.717, 1.165) is 0 Å². The third-order valence-electron chi connectivity index (χ3n) is 3.32. The van der Waals surface area contributed by atoms with Gasteiger partial charge in [-0.2, -0.15) is 0 Å². The molecule has 0 atom stereocenters. The molecular weight excluding hydrogens is 319 g/mol. The molecule has 1 aromatic heterocycles. The number of H-pyrrole nitrogens is 1. The number of aromatic amines is 1. The highest BCUT2D eigenvalue weighted by Crippen LogP contribution is 2.20. The molecule has 1 N–H and O–H groups in total. The number of nitrogens with one attached hydrogen (secondary N) is 1. The summed E-state index contributed by atoms with van der Waals surface area (Å²) in [5.74, 6) is -0.351. The predicted molar refractivity (Wildman–Crippen MR) is 87.8 cm³/mol. The van der Waals surface area contributed by atoms with Crippen LogP contribution in [0.15, 0.2) is 36.4 Å². The molecule has 0 saturated heterocycles. The molecule has 0 aliphatic heterocycles. The second-order valence-corrected chi connectivity index (χ2v) is 5.23. The number of hydrogen-bond donors (Lipinski definition) is 1. The van der Waals surface area contributed by atoms with Gasteiger partial charge >= 0.3 is 5.97 Å². The number of esters is 1. The van der Waals surface area contributed by atoms with Crippen molar-refractivity contribution in [3.8, 4) is 0 Å². The van der Waals surface area contributed by atoms with Crippen LogP contribution in [0.4, 0.5) is 4.39 Å². The lowest BCUT2D eigenvalue weighted by atomic mass is 10.2. The average Bonchev–Trinajstić information content (AvgIpc) is 2.97. The number of benzene rings is 2. The van der Waals surface area contributed by atoms with Gasteiger partial charge in [0.1, 0.15) is 11.6 Å². The minimum Gasteiger partial charge on any atom is -0.465 e. The molecule has 0 bridgehead atoms. The fraction of sp³-hybridized carbons (Fsp3) is 0.0588. The van der Waals surface area contributed by atoms with Crippen molar-refractivity contribution in [2.24, 2.45) is 0 Å². The van der Waals surface area contributed by atoms with E-state index < -0.39 is 11.8 Å². The summed E-state index contributed by atoms with van der Waals surface area (Å²) in [6.07, 6.45) is 3.23. The summed E-state index contributed by atoms with van der Waals surface area (Å²) in [5, 5.41) is 0.0690. The van der Waals surface area contributed by atoms with Crippen LogP contribution in [0, 0.1) is 5.82 Å². The number of fused-ring (bicyclic) bond motifs is 1. The van der Waals surface area contributed by atoms with Crippen LogP contribution in [0.25, 0.3) is 23.2 Å². The molecule has 116 valence electrons. The maximum Gasteiger partial charge on any atom is 0.337 e. The van der Waals surface area contributed by atoms with Crippen LogP contribution in [0.1, 0.15) is 21.7 Å². The average molecular weight is 331 g/mol. The Balaban J connectivity index is 1.93. The van der Waals surface area contributed by atoms with Crippen LogP contribution in [0.2, 0.25) is 5.02 Å². The largest absolute Gasteiger partial charge is 0.465 e. The lowest BCUT2D eigenvalue weighted by molar-refractivity contribution is 0.0601. The zero-order valence-corrected chi connectivity index (χ0v) is 12.9. The fourth-order valence-corrected chi connectivity index (χ4v) is 2.35. The van der Waals surface area contributed by atoms with Gasteiger partial charge in [-0.3, -0.25) is 0 Å². The predicted octanol–water partition coefficient (Wildman–Crippen LogP) is 4.31. The Bertz CT molecular complexity index is 918. The number of methoxy groups -OCH3 is 1. The molecule has 3 aromatic rings. The molecule has 3 rings (SSSR count). The minimum atomic E-state index is -0.477. The van der Waals surface area contributed by atoms with Crippen molar-refractivity contribution in [2.45, 2.75) is 0 Å². The number of rotatable bonds is 3. The van der Waals surface area contributed by atoms with Crippen LogP contribution in [0.5, 0.6) is 0 Å². The Hall–Kier alpha value is -2.66. The van der Waals surface area contributed by atoms with Crippen LogP contribution in [-0.4, -0.2) is 23.0 Å². The molecule has 23 heavy (non-hydrogen) atoms. The number of halogens is 2. The van der Waals surface area contributed by atoms with Crippen molar-refractivity contribution in [1.82, 2.24) is 9.97 Å². The zero-order chi connectivity index (χ0) is 16.4. The molecule has 0 radical (unpaired) electrons. The number of carbonyl (C=O) groups is 1. The minimum absolute atomic E-state index is 0.0690. The van der Waals surface area contributed by atoms with Crippen LogP contribution in [-0.2, 0) is 4.74 Å². The highest BCUT2D eigenvalue weighted by Gasteiger charge is 2.08. The van der Waals surface area contributed by atoms with E-state index in [1.165, 1.54) is 13.2 Å². The standard InChI is InChI=1S/C17H12ClFN2O2/c1-23-17(22)11-5-7-13-14(9-11)21-15(20-13)8-6-10-3-2-4-12(18)16(10)19/h2-9H,1H3,(H,20,21)/b8-6+. The van der Waals surface area contributed by atoms with Gasteiger partial charge < -0.3 is 9.72 Å². The Morgan fingerprint density at radius 1 is 1.30 bits per heavy atom. The van der Waals surface area contributed by atoms with E-state index in [2.05, 4.69) is 14.7 Å². The molecule has 0 aliphatic carbocycles. The van der Waals surface area contributed by atoms with E-state index in [0.29, 0.717) is 28.0 Å². The molecule has 4 nitrogen and oxygen atoms in total. The Labute approximate surface area is 136 Å². The molecule has 6 heteroatoms. The van der Waals surface area contributed by atoms with Gasteiger partial charge in [-0.1, -0.05) is 23.7 Å². The highest BCUT2D eigenvalue weighted by atomic mass is 35.5. The summed E-state index contributed by atoms with van der Waals surface area (Å²) < 4.78 is 18.5. The second-order valence-electron chi connectivity index (χ2n) is 4.82. The van der Waals surface area contributed by atoms with Crippen molar-refractivity contribution in [3.63, 3.8) is 0 Å². The number of hydrogen-bond acceptors (Lipinski definition) is 3. The summed E-state index contributed by atoms with van der Waals surface area (Å²) in [7, 11) is 1.33. The van der Waals surface area contributed by atoms with Gasteiger partial charge in [0.25, 0.3) is 0 Å². The van der Waals surface area contributed by atoms with E-state index in [-0.39, 0.29) is 5.02 Å². The van der Waals surface area contributed by atoms with Gasteiger partial charge in [-0.25, -0.2) is 14.2 Å². The van der Waals surface area contributed by atoms with Crippen LogP contribution in [0.3, 0.4) is 0 Å². The van der Waals surface area contributed by atoms with Crippen molar-refractivity contribution >= 4 is 40.8 Å². The highest BCUT2D eigenvalue weighted by molar-refractivity contribution is 6.30. The number of carbonyl (C=O) groups excluding carboxylic acids is 1. The van der Waals surface area contributed by atoms with Crippen molar-refractivity contribution in [2.75, 3.05) is 7.11 Å². The summed E-state index contributed by atoms with van der Waals surface area (Å²) >= 11 is 5.74. The smallest absolute Gasteiger partial charge is 0.337 e. The number of aromatic nitrogens is 2. The number of nitrogens with zero attached hydrogens (tertiary/aromatic N) is 1. The first kappa shape index (κ1) is 15.2. The Morgan fingerprint density at radius 3 is 2.91 bits per heavy atom. The van der Waals surface area contributed by atoms with E-state index >= 15 is 0 Å². The normalized spacial score (nSPS) is 11.3. The van der Waals surface area contributed by atoms with E-state index in [1.54, 1.807) is 42.5 Å². The summed E-state index contributed by atoms with van der Waals surface area (Å²) in [6.45, 7) is 0. The van der Waals surface area contributed by atoms with Gasteiger partial charge in [0.2, 0.25) is 0 Å². The van der Waals surface area contributed by atoms with E-state index in [9.17, 15) is 9.18 Å². The van der Waals surface area contributed by atoms with E-state index in [4.69, 9.17) is 11.6 Å². The third kappa shape index (κ3) is 3.10. The van der Waals surface area contributed by atoms with Gasteiger partial charge in [0.05, 0.1) is 28.7 Å². The lowest BCUT2D eigenvalue weighted by Gasteiger charge is -1.97. The molecule has 0 fully saturated rings. The van der Waals surface area contributed by atoms with E-state index in [1.807, 2.05) is 0 Å². The lowest BCUT2D eigenvalue weighted by Crippen LogP contribution is -2.00. The molecule has 1 heterocycles. The van der Waals surface area contributed by atoms with Gasteiger partial charge in [-0.15, -0.1) is 0 Å². The van der Waals surface area contributed by atoms with Gasteiger partial charge in [0, 0.05) is 5.56 Å². The molecule has 0 saturated carbocycles. The SMILES string of the molecule is COC(=O)c1ccc2nc(/C=C/c3cccc(Cl)c3F)[nH]c2c1. The maximum absolute atomic E-state index is 13.8. The molecule has 0 unspecified atom stereocenters. The molecule has 0 spiro atoms. The van der Waals surface area contributed by atoms with Crippen LogP contribution >= 0.6 is 11.6 Å². The topological polar surface area (TPSA) is 55.0 Å². The quantitative estimate of drug-likeness (QED) is 0.728. The number of ether oxygens (including phenoxy) is 1. The third-order valence-corrected chi connectivity index (χ3v) is 3.62. The maximum atomic E-state index is 13.8. The van der Waals surface area contributed by atoms with Crippen molar-refractivity contribution in [3.05, 3.63) is 64.2 Å². The Morgan fingerprint density at radius 2 is 2.13 bits per heavy atom. The molecule has 2 aromatic carbocycles. The monoisotopic (exact) mass is 330 g/mol. The van der Waals surface area contributed by atoms with Gasteiger partial charge in [-0.05, 0) is 36.4 Å². The van der Waals surface area contributed by atoms with Gasteiger partial charge in [0.15, 0.2) is 0 Å². The molecule has 0 amide bonds. The first-order valence-electron chi connectivity index (χ1n) is 6.78. The second kappa shape index (κ2) is 6.22. The summed E-state index contributed by atoms with van der Waals surface area (Å²) in [6, 6.07) is 9.80. The van der Waals surface area contributed by atoms with Crippen LogP contribution < -0.4 is 0 Å². The van der Waals surface area contributed by atoms with Crippen molar-refractivity contribution < 1.29 is 13.9 Å². The Kier molecular flexibility index (Phi) is 4.12. The summed E-state index contributed by atoms with van der Waals surface area (Å²) in [5.41, 5.74) is 2.19. The van der Waals surface area contributed by atoms with Crippen molar-refractivity contribution in [1.29, 1.82) is 0 Å². The first-order chi connectivity index (χ1) is 11.1. The number of imidazole rings is 1. The summed E-state index contributed by atoms with van der Waals surface area (Å²) in [4.78, 5) is 18.9. The zero-order valence-electron chi connectivity index (χ0n) is 12.1. The first-order valence-corrected chi connectivity index (χ1v) is 7.16.